The van der Waals surface area contributed by atoms with Gasteiger partial charge in [-0.05, 0) is 70.4 Å². The van der Waals surface area contributed by atoms with Crippen molar-refractivity contribution < 1.29 is 0 Å². The van der Waals surface area contributed by atoms with Crippen LogP contribution >= 0.6 is 11.3 Å². The molecule has 0 amide bonds. The van der Waals surface area contributed by atoms with E-state index in [4.69, 9.17) is 0 Å². The van der Waals surface area contributed by atoms with E-state index in [1.165, 1.54) is 69.6 Å². The molecule has 1 nitrogen and oxygen atoms in total. The molecular formula is C34H21NS. The molecule has 0 radical (unpaired) electrons. The van der Waals surface area contributed by atoms with E-state index in [0.717, 1.165) is 0 Å². The molecule has 0 N–H and O–H groups in total. The molecule has 0 aliphatic rings. The quantitative estimate of drug-likeness (QED) is 0.234. The lowest BCUT2D eigenvalue weighted by Gasteiger charge is -2.10. The molecule has 0 aliphatic carbocycles. The van der Waals surface area contributed by atoms with E-state index in [1.807, 2.05) is 11.3 Å². The van der Waals surface area contributed by atoms with Gasteiger partial charge in [-0.3, -0.25) is 0 Å². The Morgan fingerprint density at radius 1 is 0.417 bits per heavy atom. The van der Waals surface area contributed by atoms with Crippen molar-refractivity contribution in [3.05, 3.63) is 127 Å². The molecule has 0 spiro atoms. The third-order valence-corrected chi connectivity index (χ3v) is 8.53. The van der Waals surface area contributed by atoms with Gasteiger partial charge in [-0.25, -0.2) is 0 Å². The van der Waals surface area contributed by atoms with Gasteiger partial charge in [-0.2, -0.15) is 0 Å². The molecule has 2 aromatic heterocycles. The number of benzene rings is 6. The zero-order valence-electron chi connectivity index (χ0n) is 19.5. The van der Waals surface area contributed by atoms with Gasteiger partial charge in [-0.15, -0.1) is 11.3 Å². The lowest BCUT2D eigenvalue weighted by Crippen LogP contribution is -1.93. The van der Waals surface area contributed by atoms with Crippen molar-refractivity contribution in [1.82, 2.24) is 4.57 Å². The molecule has 36 heavy (non-hydrogen) atoms. The van der Waals surface area contributed by atoms with Crippen LogP contribution in [0.25, 0.3) is 69.6 Å². The average molecular weight is 476 g/mol. The number of para-hydroxylation sites is 1. The fourth-order valence-electron chi connectivity index (χ4n) is 5.65. The standard InChI is InChI=1S/C34H21NS/c1-2-8-23-19-26(16-13-22(23)7-1)35-31-11-5-3-9-27(31)29-20-24(14-17-32(29)35)25-15-18-34-30(21-25)28-10-4-6-12-33(28)36-34/h1-21H. The third kappa shape index (κ3) is 2.89. The van der Waals surface area contributed by atoms with Crippen molar-refractivity contribution in [3.8, 4) is 16.8 Å². The molecular weight excluding hydrogens is 454 g/mol. The number of nitrogens with zero attached hydrogens (tertiary/aromatic N) is 1. The summed E-state index contributed by atoms with van der Waals surface area (Å²) in [6, 6.07) is 46.6. The Bertz CT molecular complexity index is 2110. The first kappa shape index (κ1) is 19.9. The summed E-state index contributed by atoms with van der Waals surface area (Å²) in [6.45, 7) is 0. The maximum Gasteiger partial charge on any atom is 0.0541 e. The molecule has 0 aliphatic heterocycles. The minimum atomic E-state index is 1.19. The van der Waals surface area contributed by atoms with Crippen LogP contribution in [0.1, 0.15) is 0 Å². The second-order valence-corrected chi connectivity index (χ2v) is 10.5. The Morgan fingerprint density at radius 2 is 1.08 bits per heavy atom. The van der Waals surface area contributed by atoms with Gasteiger partial charge in [-0.1, -0.05) is 78.9 Å². The minimum absolute atomic E-state index is 1.19. The Balaban J connectivity index is 1.36. The number of rotatable bonds is 2. The molecule has 8 aromatic rings. The Kier molecular flexibility index (Phi) is 4.16. The van der Waals surface area contributed by atoms with Crippen molar-refractivity contribution in [2.24, 2.45) is 0 Å². The van der Waals surface area contributed by atoms with Gasteiger partial charge in [0.2, 0.25) is 0 Å². The monoisotopic (exact) mass is 475 g/mol. The van der Waals surface area contributed by atoms with Crippen LogP contribution in [0, 0.1) is 0 Å². The Labute approximate surface area is 212 Å². The zero-order valence-corrected chi connectivity index (χ0v) is 20.3. The maximum absolute atomic E-state index is 2.40. The number of hydrogen-bond donors (Lipinski definition) is 0. The average Bonchev–Trinajstić information content (AvgIpc) is 3.48. The highest BCUT2D eigenvalue weighted by molar-refractivity contribution is 7.25. The predicted molar refractivity (Wildman–Crippen MR) is 157 cm³/mol. The van der Waals surface area contributed by atoms with Crippen molar-refractivity contribution in [2.75, 3.05) is 0 Å². The number of thiophene rings is 1. The third-order valence-electron chi connectivity index (χ3n) is 7.37. The van der Waals surface area contributed by atoms with Crippen LogP contribution in [0.15, 0.2) is 127 Å². The second-order valence-electron chi connectivity index (χ2n) is 9.43. The maximum atomic E-state index is 2.40. The molecule has 0 saturated heterocycles. The van der Waals surface area contributed by atoms with Gasteiger partial charge in [0.15, 0.2) is 0 Å². The highest BCUT2D eigenvalue weighted by atomic mass is 32.1. The molecule has 0 unspecified atom stereocenters. The summed E-state index contributed by atoms with van der Waals surface area (Å²) in [4.78, 5) is 0. The van der Waals surface area contributed by atoms with E-state index in [9.17, 15) is 0 Å². The summed E-state index contributed by atoms with van der Waals surface area (Å²) < 4.78 is 5.09. The van der Waals surface area contributed by atoms with E-state index in [2.05, 4.69) is 132 Å². The lowest BCUT2D eigenvalue weighted by atomic mass is 10.0. The van der Waals surface area contributed by atoms with E-state index >= 15 is 0 Å². The van der Waals surface area contributed by atoms with E-state index in [0.29, 0.717) is 0 Å². The lowest BCUT2D eigenvalue weighted by molar-refractivity contribution is 1.19. The Morgan fingerprint density at radius 3 is 2.00 bits per heavy atom. The molecule has 0 atom stereocenters. The summed E-state index contributed by atoms with van der Waals surface area (Å²) >= 11 is 1.87. The van der Waals surface area contributed by atoms with E-state index in [-0.39, 0.29) is 0 Å². The van der Waals surface area contributed by atoms with Crippen LogP contribution in [0.3, 0.4) is 0 Å². The van der Waals surface area contributed by atoms with Crippen LogP contribution in [0.2, 0.25) is 0 Å². The van der Waals surface area contributed by atoms with Crippen molar-refractivity contribution >= 4 is 64.1 Å². The number of hydrogen-bond acceptors (Lipinski definition) is 1. The van der Waals surface area contributed by atoms with Crippen LogP contribution in [0.5, 0.6) is 0 Å². The summed E-state index contributed by atoms with van der Waals surface area (Å²) in [5, 5.41) is 7.77. The van der Waals surface area contributed by atoms with Crippen LogP contribution in [-0.4, -0.2) is 4.57 Å². The van der Waals surface area contributed by atoms with Crippen molar-refractivity contribution in [1.29, 1.82) is 0 Å². The highest BCUT2D eigenvalue weighted by Crippen LogP contribution is 2.39. The molecule has 2 heterocycles. The van der Waals surface area contributed by atoms with Gasteiger partial charge in [0.1, 0.15) is 0 Å². The smallest absolute Gasteiger partial charge is 0.0541 e. The normalized spacial score (nSPS) is 11.9. The van der Waals surface area contributed by atoms with E-state index < -0.39 is 0 Å². The zero-order chi connectivity index (χ0) is 23.6. The number of aromatic nitrogens is 1. The minimum Gasteiger partial charge on any atom is -0.309 e. The fraction of sp³-hybridized carbons (Fsp3) is 0. The van der Waals surface area contributed by atoms with Crippen molar-refractivity contribution in [2.45, 2.75) is 0 Å². The molecule has 0 saturated carbocycles. The van der Waals surface area contributed by atoms with Crippen LogP contribution < -0.4 is 0 Å². The second kappa shape index (κ2) is 7.55. The van der Waals surface area contributed by atoms with Gasteiger partial charge in [0, 0.05) is 36.6 Å². The molecule has 0 fully saturated rings. The van der Waals surface area contributed by atoms with E-state index in [1.54, 1.807) is 0 Å². The highest BCUT2D eigenvalue weighted by Gasteiger charge is 2.14. The van der Waals surface area contributed by atoms with Crippen LogP contribution in [-0.2, 0) is 0 Å². The topological polar surface area (TPSA) is 4.93 Å². The van der Waals surface area contributed by atoms with Gasteiger partial charge in [0.25, 0.3) is 0 Å². The summed E-state index contributed by atoms with van der Waals surface area (Å²) in [7, 11) is 0. The SMILES string of the molecule is c1ccc2cc(-n3c4ccccc4c4cc(-c5ccc6sc7ccccc7c6c5)ccc43)ccc2c1. The first-order valence-electron chi connectivity index (χ1n) is 12.3. The first-order chi connectivity index (χ1) is 17.8. The fourth-order valence-corrected chi connectivity index (χ4v) is 6.74. The molecule has 168 valence electrons. The molecule has 0 bridgehead atoms. The predicted octanol–water partition coefficient (Wildman–Crippen LogP) is 9.97. The molecule has 2 heteroatoms. The summed E-state index contributed by atoms with van der Waals surface area (Å²) in [5.74, 6) is 0. The Hall–Kier alpha value is -4.40. The van der Waals surface area contributed by atoms with Crippen LogP contribution in [0.4, 0.5) is 0 Å². The van der Waals surface area contributed by atoms with Gasteiger partial charge in [0.05, 0.1) is 11.0 Å². The summed E-state index contributed by atoms with van der Waals surface area (Å²) in [5.41, 5.74) is 6.17. The molecule has 6 aromatic carbocycles. The van der Waals surface area contributed by atoms with Crippen molar-refractivity contribution in [3.63, 3.8) is 0 Å². The summed E-state index contributed by atoms with van der Waals surface area (Å²) in [6.07, 6.45) is 0. The number of fused-ring (bicyclic) bond motifs is 7. The molecule has 8 rings (SSSR count). The first-order valence-corrected chi connectivity index (χ1v) is 13.1. The largest absolute Gasteiger partial charge is 0.309 e. The van der Waals surface area contributed by atoms with Gasteiger partial charge < -0.3 is 4.57 Å². The van der Waals surface area contributed by atoms with Gasteiger partial charge >= 0.3 is 0 Å².